The summed E-state index contributed by atoms with van der Waals surface area (Å²) >= 11 is 3.33. The summed E-state index contributed by atoms with van der Waals surface area (Å²) in [7, 11) is 0. The van der Waals surface area contributed by atoms with Crippen molar-refractivity contribution in [3.63, 3.8) is 0 Å². The monoisotopic (exact) mass is 328 g/mol. The van der Waals surface area contributed by atoms with E-state index in [1.54, 1.807) is 23.1 Å². The van der Waals surface area contributed by atoms with E-state index in [9.17, 15) is 4.79 Å². The molecule has 1 heterocycles. The molecule has 1 fully saturated rings. The third kappa shape index (κ3) is 3.26. The number of benzene rings is 1. The number of hydrogen-bond donors (Lipinski definition) is 2. The molecule has 5 nitrogen and oxygen atoms in total. The van der Waals surface area contributed by atoms with Crippen molar-refractivity contribution in [1.82, 2.24) is 4.90 Å². The summed E-state index contributed by atoms with van der Waals surface area (Å²) < 4.78 is 6.20. The predicted molar refractivity (Wildman–Crippen MR) is 75.9 cm³/mol. The molecule has 2 rings (SSSR count). The van der Waals surface area contributed by atoms with Crippen LogP contribution in [0, 0.1) is 0 Å². The first-order chi connectivity index (χ1) is 9.01. The number of hydrogen-bond acceptors (Lipinski definition) is 4. The highest BCUT2D eigenvalue weighted by Crippen LogP contribution is 2.21. The van der Waals surface area contributed by atoms with Gasteiger partial charge in [-0.05, 0) is 25.1 Å². The number of amides is 1. The van der Waals surface area contributed by atoms with Crippen LogP contribution >= 0.6 is 15.9 Å². The molecule has 104 valence electrons. The Morgan fingerprint density at radius 2 is 2.32 bits per heavy atom. The Labute approximate surface area is 120 Å². The minimum Gasteiger partial charge on any atom is -0.399 e. The van der Waals surface area contributed by atoms with Gasteiger partial charge >= 0.3 is 0 Å². The van der Waals surface area contributed by atoms with E-state index in [0.29, 0.717) is 24.4 Å². The van der Waals surface area contributed by atoms with E-state index in [0.717, 1.165) is 4.47 Å². The van der Waals surface area contributed by atoms with Crippen LogP contribution in [0.5, 0.6) is 0 Å². The largest absolute Gasteiger partial charge is 0.399 e. The third-order valence-electron chi connectivity index (χ3n) is 3.14. The highest BCUT2D eigenvalue weighted by Gasteiger charge is 2.30. The molecule has 1 amide bonds. The number of nitrogens with two attached hydrogens (primary N) is 1. The van der Waals surface area contributed by atoms with Crippen molar-refractivity contribution in [2.75, 3.05) is 25.5 Å². The van der Waals surface area contributed by atoms with Gasteiger partial charge in [-0.3, -0.25) is 4.79 Å². The number of halogens is 1. The number of nitrogen functional groups attached to an aromatic ring is 1. The van der Waals surface area contributed by atoms with Gasteiger partial charge in [-0.2, -0.15) is 0 Å². The fraction of sp³-hybridized carbons (Fsp3) is 0.462. The molecule has 6 heteroatoms. The van der Waals surface area contributed by atoms with Crippen molar-refractivity contribution < 1.29 is 14.6 Å². The van der Waals surface area contributed by atoms with Gasteiger partial charge in [0.2, 0.25) is 0 Å². The van der Waals surface area contributed by atoms with Crippen molar-refractivity contribution in [1.29, 1.82) is 0 Å². The molecule has 0 bridgehead atoms. The first-order valence-corrected chi connectivity index (χ1v) is 6.90. The SMILES string of the molecule is CC1COC(CO)CN1C(=O)c1cc(N)cc(Br)c1. The highest BCUT2D eigenvalue weighted by molar-refractivity contribution is 9.10. The molecule has 2 unspecified atom stereocenters. The molecule has 1 aromatic rings. The summed E-state index contributed by atoms with van der Waals surface area (Å²) in [5.74, 6) is -0.0951. The lowest BCUT2D eigenvalue weighted by Gasteiger charge is -2.37. The van der Waals surface area contributed by atoms with Crippen molar-refractivity contribution in [3.8, 4) is 0 Å². The number of nitrogens with zero attached hydrogens (tertiary/aromatic N) is 1. The number of rotatable bonds is 2. The number of aliphatic hydroxyl groups is 1. The third-order valence-corrected chi connectivity index (χ3v) is 3.59. The lowest BCUT2D eigenvalue weighted by atomic mass is 10.1. The number of aliphatic hydroxyl groups excluding tert-OH is 1. The van der Waals surface area contributed by atoms with Crippen molar-refractivity contribution in [2.24, 2.45) is 0 Å². The van der Waals surface area contributed by atoms with Gasteiger partial charge in [0.25, 0.3) is 5.91 Å². The van der Waals surface area contributed by atoms with E-state index in [2.05, 4.69) is 15.9 Å². The summed E-state index contributed by atoms with van der Waals surface area (Å²) in [6.07, 6.45) is -0.315. The predicted octanol–water partition coefficient (Wildman–Crippen LogP) is 1.25. The average molecular weight is 329 g/mol. The van der Waals surface area contributed by atoms with E-state index in [1.807, 2.05) is 6.92 Å². The van der Waals surface area contributed by atoms with Gasteiger partial charge in [0.1, 0.15) is 0 Å². The Kier molecular flexibility index (Phi) is 4.44. The van der Waals surface area contributed by atoms with E-state index in [-0.39, 0.29) is 24.7 Å². The maximum absolute atomic E-state index is 12.5. The average Bonchev–Trinajstić information content (AvgIpc) is 2.37. The van der Waals surface area contributed by atoms with Crippen LogP contribution in [-0.2, 0) is 4.74 Å². The minimum absolute atomic E-state index is 0.0180. The zero-order chi connectivity index (χ0) is 14.0. The molecule has 0 aromatic heterocycles. The van der Waals surface area contributed by atoms with Gasteiger partial charge in [-0.25, -0.2) is 0 Å². The maximum Gasteiger partial charge on any atom is 0.254 e. The fourth-order valence-electron chi connectivity index (χ4n) is 2.11. The summed E-state index contributed by atoms with van der Waals surface area (Å²) in [5.41, 5.74) is 6.83. The summed E-state index contributed by atoms with van der Waals surface area (Å²) in [4.78, 5) is 14.2. The molecular formula is C13H17BrN2O3. The van der Waals surface area contributed by atoms with Crippen LogP contribution in [0.1, 0.15) is 17.3 Å². The van der Waals surface area contributed by atoms with Crippen LogP contribution in [0.3, 0.4) is 0 Å². The molecule has 0 radical (unpaired) electrons. The van der Waals surface area contributed by atoms with Crippen LogP contribution in [-0.4, -0.2) is 47.8 Å². The van der Waals surface area contributed by atoms with Gasteiger partial charge in [0, 0.05) is 22.3 Å². The normalized spacial score (nSPS) is 23.4. The van der Waals surface area contributed by atoms with Crippen LogP contribution in [0.2, 0.25) is 0 Å². The Hall–Kier alpha value is -1.11. The number of carbonyl (C=O) groups excluding carboxylic acids is 1. The minimum atomic E-state index is -0.315. The Morgan fingerprint density at radius 1 is 1.58 bits per heavy atom. The van der Waals surface area contributed by atoms with Gasteiger partial charge < -0.3 is 20.5 Å². The molecule has 1 aliphatic heterocycles. The lowest BCUT2D eigenvalue weighted by molar-refractivity contribution is -0.0667. The Morgan fingerprint density at radius 3 is 2.95 bits per heavy atom. The number of ether oxygens (including phenoxy) is 1. The Balaban J connectivity index is 2.21. The standard InChI is InChI=1S/C13H17BrN2O3/c1-8-7-19-12(6-17)5-16(8)13(18)9-2-10(14)4-11(15)3-9/h2-4,8,12,17H,5-7,15H2,1H3. The first-order valence-electron chi connectivity index (χ1n) is 6.10. The second-order valence-electron chi connectivity index (χ2n) is 4.72. The topological polar surface area (TPSA) is 75.8 Å². The van der Waals surface area contributed by atoms with Gasteiger partial charge in [0.05, 0.1) is 25.4 Å². The summed E-state index contributed by atoms with van der Waals surface area (Å²) in [5, 5.41) is 9.15. The molecule has 1 saturated heterocycles. The lowest BCUT2D eigenvalue weighted by Crippen LogP contribution is -2.52. The molecule has 2 atom stereocenters. The zero-order valence-electron chi connectivity index (χ0n) is 10.7. The van der Waals surface area contributed by atoms with Crippen LogP contribution in [0.4, 0.5) is 5.69 Å². The molecule has 0 spiro atoms. The molecule has 3 N–H and O–H groups in total. The molecule has 0 saturated carbocycles. The highest BCUT2D eigenvalue weighted by atomic mass is 79.9. The Bertz CT molecular complexity index is 461. The van der Waals surface area contributed by atoms with Crippen LogP contribution in [0.25, 0.3) is 0 Å². The number of morpholine rings is 1. The van der Waals surface area contributed by atoms with E-state index >= 15 is 0 Å². The zero-order valence-corrected chi connectivity index (χ0v) is 12.3. The van der Waals surface area contributed by atoms with Gasteiger partial charge in [-0.1, -0.05) is 15.9 Å². The van der Waals surface area contributed by atoms with Crippen LogP contribution < -0.4 is 5.73 Å². The van der Waals surface area contributed by atoms with Crippen molar-refractivity contribution in [3.05, 3.63) is 28.2 Å². The molecule has 0 aliphatic carbocycles. The summed E-state index contributed by atoms with van der Waals surface area (Å²) in [6.45, 7) is 2.66. The smallest absolute Gasteiger partial charge is 0.254 e. The second-order valence-corrected chi connectivity index (χ2v) is 5.63. The summed E-state index contributed by atoms with van der Waals surface area (Å²) in [6, 6.07) is 5.13. The van der Waals surface area contributed by atoms with Crippen molar-refractivity contribution in [2.45, 2.75) is 19.1 Å². The van der Waals surface area contributed by atoms with E-state index in [1.165, 1.54) is 0 Å². The quantitative estimate of drug-likeness (QED) is 0.801. The van der Waals surface area contributed by atoms with Crippen LogP contribution in [0.15, 0.2) is 22.7 Å². The number of carbonyl (C=O) groups is 1. The molecule has 19 heavy (non-hydrogen) atoms. The number of anilines is 1. The van der Waals surface area contributed by atoms with Gasteiger partial charge in [-0.15, -0.1) is 0 Å². The molecule has 1 aliphatic rings. The van der Waals surface area contributed by atoms with Gasteiger partial charge in [0.15, 0.2) is 0 Å². The fourth-order valence-corrected chi connectivity index (χ4v) is 2.62. The maximum atomic E-state index is 12.5. The molecule has 1 aromatic carbocycles. The van der Waals surface area contributed by atoms with E-state index in [4.69, 9.17) is 15.6 Å². The molecular weight excluding hydrogens is 312 g/mol. The first kappa shape index (κ1) is 14.3. The second kappa shape index (κ2) is 5.90. The van der Waals surface area contributed by atoms with E-state index < -0.39 is 0 Å². The van der Waals surface area contributed by atoms with Crippen molar-refractivity contribution >= 4 is 27.5 Å².